The van der Waals surface area contributed by atoms with Crippen LogP contribution in [0.3, 0.4) is 0 Å². The Bertz CT molecular complexity index is 4180. The molecule has 0 saturated heterocycles. The average Bonchev–Trinajstić information content (AvgIpc) is 4.15. The van der Waals surface area contributed by atoms with Crippen LogP contribution in [-0.2, 0) is 5.41 Å². The molecular formula is C65H40N2O2. The summed E-state index contributed by atoms with van der Waals surface area (Å²) >= 11 is 0. The van der Waals surface area contributed by atoms with Gasteiger partial charge in [-0.3, -0.25) is 0 Å². The normalized spacial score (nSPS) is 13.0. The van der Waals surface area contributed by atoms with E-state index in [4.69, 9.17) is 8.83 Å². The van der Waals surface area contributed by atoms with E-state index >= 15 is 0 Å². The Labute approximate surface area is 398 Å². The molecule has 2 aromatic heterocycles. The van der Waals surface area contributed by atoms with E-state index in [9.17, 15) is 0 Å². The van der Waals surface area contributed by atoms with Crippen LogP contribution in [0.5, 0.6) is 0 Å². The average molecular weight is 881 g/mol. The molecule has 322 valence electrons. The zero-order valence-corrected chi connectivity index (χ0v) is 37.3. The smallest absolute Gasteiger partial charge is 0.159 e. The van der Waals surface area contributed by atoms with Gasteiger partial charge in [0, 0.05) is 44.3 Å². The fourth-order valence-electron chi connectivity index (χ4n) is 12.0. The van der Waals surface area contributed by atoms with Crippen LogP contribution >= 0.6 is 0 Å². The predicted molar refractivity (Wildman–Crippen MR) is 284 cm³/mol. The molecule has 1 spiro atoms. The summed E-state index contributed by atoms with van der Waals surface area (Å²) in [4.78, 5) is 4.72. The van der Waals surface area contributed by atoms with Crippen LogP contribution in [0.15, 0.2) is 251 Å². The number of para-hydroxylation sites is 6. The van der Waals surface area contributed by atoms with Gasteiger partial charge in [-0.1, -0.05) is 158 Å². The molecule has 4 nitrogen and oxygen atoms in total. The molecule has 0 bridgehead atoms. The summed E-state index contributed by atoms with van der Waals surface area (Å²) in [6.45, 7) is 0. The highest BCUT2D eigenvalue weighted by Crippen LogP contribution is 2.64. The summed E-state index contributed by atoms with van der Waals surface area (Å²) in [7, 11) is 0. The van der Waals surface area contributed by atoms with Gasteiger partial charge in [0.25, 0.3) is 0 Å². The maximum absolute atomic E-state index is 6.75. The second-order valence-corrected chi connectivity index (χ2v) is 18.3. The third kappa shape index (κ3) is 5.34. The zero-order valence-electron chi connectivity index (χ0n) is 37.3. The van der Waals surface area contributed by atoms with Gasteiger partial charge >= 0.3 is 0 Å². The lowest BCUT2D eigenvalue weighted by Gasteiger charge is -2.32. The second-order valence-electron chi connectivity index (χ2n) is 18.3. The minimum atomic E-state index is -0.592. The van der Waals surface area contributed by atoms with Crippen molar-refractivity contribution in [3.8, 4) is 22.3 Å². The molecule has 0 saturated carbocycles. The van der Waals surface area contributed by atoms with Crippen molar-refractivity contribution in [1.82, 2.24) is 0 Å². The summed E-state index contributed by atoms with van der Waals surface area (Å²) < 4.78 is 13.4. The van der Waals surface area contributed by atoms with Crippen molar-refractivity contribution < 1.29 is 8.83 Å². The zero-order chi connectivity index (χ0) is 45.2. The maximum atomic E-state index is 6.75. The monoisotopic (exact) mass is 880 g/mol. The van der Waals surface area contributed by atoms with E-state index < -0.39 is 5.41 Å². The van der Waals surface area contributed by atoms with Crippen molar-refractivity contribution in [2.45, 2.75) is 5.41 Å². The topological polar surface area (TPSA) is 32.8 Å². The molecule has 13 aromatic rings. The molecule has 0 fully saturated rings. The Morgan fingerprint density at radius 3 is 1.33 bits per heavy atom. The first kappa shape index (κ1) is 38.0. The largest absolute Gasteiger partial charge is 0.454 e. The first-order chi connectivity index (χ1) is 34.2. The van der Waals surface area contributed by atoms with E-state index in [1.165, 1.54) is 55.3 Å². The Morgan fingerprint density at radius 2 is 0.739 bits per heavy atom. The van der Waals surface area contributed by atoms with Crippen LogP contribution in [-0.4, -0.2) is 0 Å². The van der Waals surface area contributed by atoms with Gasteiger partial charge in [-0.2, -0.15) is 0 Å². The predicted octanol–water partition coefficient (Wildman–Crippen LogP) is 17.9. The minimum absolute atomic E-state index is 0.592. The molecule has 2 aliphatic rings. The van der Waals surface area contributed by atoms with E-state index in [1.807, 2.05) is 12.1 Å². The Morgan fingerprint density at radius 1 is 0.275 bits per heavy atom. The number of nitrogens with zero attached hydrogens (tertiary/aromatic N) is 2. The van der Waals surface area contributed by atoms with Crippen LogP contribution in [0.25, 0.3) is 76.9 Å². The quantitative estimate of drug-likeness (QED) is 0.167. The highest BCUT2D eigenvalue weighted by Gasteiger charge is 2.52. The van der Waals surface area contributed by atoms with Gasteiger partial charge < -0.3 is 18.6 Å². The van der Waals surface area contributed by atoms with Crippen LogP contribution in [0.1, 0.15) is 22.3 Å². The van der Waals surface area contributed by atoms with Crippen LogP contribution < -0.4 is 9.80 Å². The molecule has 4 heteroatoms. The fraction of sp³-hybridized carbons (Fsp3) is 0.0154. The fourth-order valence-corrected chi connectivity index (χ4v) is 12.0. The van der Waals surface area contributed by atoms with Gasteiger partial charge in [-0.05, 0) is 140 Å². The minimum Gasteiger partial charge on any atom is -0.454 e. The van der Waals surface area contributed by atoms with E-state index in [0.29, 0.717) is 0 Å². The van der Waals surface area contributed by atoms with E-state index in [-0.39, 0.29) is 0 Å². The Hall–Kier alpha value is -9.12. The molecule has 0 radical (unpaired) electrons. The molecule has 11 aromatic carbocycles. The first-order valence-corrected chi connectivity index (χ1v) is 23.7. The number of rotatable bonds is 6. The Balaban J connectivity index is 0.974. The lowest BCUT2D eigenvalue weighted by Crippen LogP contribution is -2.26. The van der Waals surface area contributed by atoms with Gasteiger partial charge in [-0.25, -0.2) is 0 Å². The van der Waals surface area contributed by atoms with Gasteiger partial charge in [0.05, 0.1) is 16.8 Å². The third-order valence-electron chi connectivity index (χ3n) is 14.8. The highest BCUT2D eigenvalue weighted by atomic mass is 16.3. The van der Waals surface area contributed by atoms with Crippen LogP contribution in [0.4, 0.5) is 34.1 Å². The molecule has 0 atom stereocenters. The van der Waals surface area contributed by atoms with Crippen molar-refractivity contribution in [1.29, 1.82) is 0 Å². The maximum Gasteiger partial charge on any atom is 0.159 e. The lowest BCUT2D eigenvalue weighted by atomic mass is 9.70. The molecule has 15 rings (SSSR count). The number of fused-ring (bicyclic) bond motifs is 17. The van der Waals surface area contributed by atoms with E-state index in [2.05, 4.69) is 240 Å². The van der Waals surface area contributed by atoms with Gasteiger partial charge in [0.1, 0.15) is 11.2 Å². The molecule has 0 aliphatic heterocycles. The highest BCUT2D eigenvalue weighted by molar-refractivity contribution is 6.12. The Kier molecular flexibility index (Phi) is 7.96. The molecule has 69 heavy (non-hydrogen) atoms. The number of hydrogen-bond donors (Lipinski definition) is 0. The summed E-state index contributed by atoms with van der Waals surface area (Å²) in [6.07, 6.45) is 0. The van der Waals surface area contributed by atoms with Gasteiger partial charge in [-0.15, -0.1) is 0 Å². The molecule has 2 heterocycles. The van der Waals surface area contributed by atoms with Gasteiger partial charge in [0.15, 0.2) is 11.2 Å². The van der Waals surface area contributed by atoms with Crippen molar-refractivity contribution in [3.63, 3.8) is 0 Å². The first-order valence-electron chi connectivity index (χ1n) is 23.7. The van der Waals surface area contributed by atoms with E-state index in [0.717, 1.165) is 78.0 Å². The SMILES string of the molecule is c1ccc(N(c2ccc3c(c2)C2(c4ccccc4-c4ccccc42)c2cc4cc(N(c5ccccc5)c5cccc6c5oc5ccccc56)ccc4cc2-3)c2cccc3c2oc2ccccc23)cc1. The third-order valence-corrected chi connectivity index (χ3v) is 14.8. The standard InChI is InChI=1S/C65H40N2O2/c1-3-17-43(18-4-1)66(59-29-15-25-52-50-23-9-13-31-61(50)68-63(52)59)45-34-33-41-38-54-49-36-35-46(67(44-19-5-2-6-20-44)60-30-16-26-53-51-24-10-14-32-62(51)69-64(53)60)40-58(49)65(57(54)39-42(41)37-45)55-27-11-7-21-47(55)48-22-8-12-28-56(48)65/h1-40H. The van der Waals surface area contributed by atoms with Crippen molar-refractivity contribution in [2.24, 2.45) is 0 Å². The van der Waals surface area contributed by atoms with Crippen molar-refractivity contribution in [2.75, 3.05) is 9.80 Å². The summed E-state index contributed by atoms with van der Waals surface area (Å²) in [5.74, 6) is 0. The lowest BCUT2D eigenvalue weighted by molar-refractivity contribution is 0.668. The van der Waals surface area contributed by atoms with Crippen molar-refractivity contribution in [3.05, 3.63) is 265 Å². The molecule has 0 amide bonds. The second kappa shape index (κ2) is 14.4. The number of benzene rings is 11. The van der Waals surface area contributed by atoms with Crippen LogP contribution in [0.2, 0.25) is 0 Å². The molecular weight excluding hydrogens is 841 g/mol. The van der Waals surface area contributed by atoms with Crippen LogP contribution in [0, 0.1) is 0 Å². The number of hydrogen-bond acceptors (Lipinski definition) is 4. The molecule has 2 aliphatic carbocycles. The van der Waals surface area contributed by atoms with Crippen molar-refractivity contribution >= 4 is 88.8 Å². The summed E-state index contributed by atoms with van der Waals surface area (Å²) in [5, 5.41) is 6.76. The molecule has 0 unspecified atom stereocenters. The van der Waals surface area contributed by atoms with Gasteiger partial charge in [0.2, 0.25) is 0 Å². The molecule has 0 N–H and O–H groups in total. The summed E-state index contributed by atoms with van der Waals surface area (Å²) in [6, 6.07) is 88.0. The number of furan rings is 2. The number of anilines is 6. The van der Waals surface area contributed by atoms with E-state index in [1.54, 1.807) is 0 Å². The summed E-state index contributed by atoms with van der Waals surface area (Å²) in [5.41, 5.74) is 19.3.